The maximum atomic E-state index is 10.1. The van der Waals surface area contributed by atoms with E-state index >= 15 is 0 Å². The fourth-order valence-electron chi connectivity index (χ4n) is 3.61. The number of aliphatic hydroxyl groups is 1. The number of likely N-dealkylation sites (tertiary alicyclic amines) is 1. The molecule has 0 radical (unpaired) electrons. The van der Waals surface area contributed by atoms with Crippen molar-refractivity contribution in [2.24, 2.45) is 5.92 Å². The van der Waals surface area contributed by atoms with Gasteiger partial charge in [0.15, 0.2) is 0 Å². The van der Waals surface area contributed by atoms with Gasteiger partial charge in [-0.1, -0.05) is 12.8 Å². The molecule has 2 atom stereocenters. The molecule has 3 nitrogen and oxygen atoms in total. The highest BCUT2D eigenvalue weighted by Gasteiger charge is 2.31. The van der Waals surface area contributed by atoms with E-state index in [1.807, 2.05) is 6.20 Å². The third-order valence-corrected chi connectivity index (χ3v) is 5.56. The van der Waals surface area contributed by atoms with Gasteiger partial charge in [0.05, 0.1) is 11.1 Å². The summed E-state index contributed by atoms with van der Waals surface area (Å²) in [5, 5.41) is 13.5. The van der Waals surface area contributed by atoms with Crippen molar-refractivity contribution >= 4 is 11.3 Å². The molecule has 0 aromatic carbocycles. The van der Waals surface area contributed by atoms with Gasteiger partial charge in [-0.15, -0.1) is 11.3 Å². The predicted octanol–water partition coefficient (Wildman–Crippen LogP) is 2.70. The molecule has 0 unspecified atom stereocenters. The molecule has 1 N–H and O–H groups in total. The number of piperidine rings is 1. The van der Waals surface area contributed by atoms with Crippen LogP contribution in [0.25, 0.3) is 0 Å². The molecule has 2 aliphatic rings. The largest absolute Gasteiger partial charge is 0.391 e. The second-order valence-electron chi connectivity index (χ2n) is 6.03. The van der Waals surface area contributed by atoms with E-state index in [0.29, 0.717) is 6.04 Å². The Hall–Kier alpha value is -0.450. The first-order valence-electron chi connectivity index (χ1n) is 7.63. The van der Waals surface area contributed by atoms with Crippen LogP contribution in [0.5, 0.6) is 0 Å². The quantitative estimate of drug-likeness (QED) is 0.925. The maximum absolute atomic E-state index is 10.1. The van der Waals surface area contributed by atoms with Crippen LogP contribution in [0.3, 0.4) is 0 Å². The van der Waals surface area contributed by atoms with E-state index in [9.17, 15) is 5.11 Å². The van der Waals surface area contributed by atoms with Gasteiger partial charge < -0.3 is 5.11 Å². The molecule has 1 saturated heterocycles. The molecule has 3 rings (SSSR count). The number of hydrogen-bond donors (Lipinski definition) is 1. The molecule has 2 heterocycles. The molecule has 4 heteroatoms. The average molecular weight is 280 g/mol. The summed E-state index contributed by atoms with van der Waals surface area (Å²) in [6.07, 6.45) is 10.2. The van der Waals surface area contributed by atoms with Gasteiger partial charge in [-0.3, -0.25) is 4.90 Å². The summed E-state index contributed by atoms with van der Waals surface area (Å²) in [5.41, 5.74) is 0. The standard InChI is InChI=1S/C15H24N2OS/c18-14-4-2-1-3-13(14)17-8-5-12(6-9-17)11-15-16-7-10-19-15/h7,10,12-14,18H,1-6,8-9,11H2/t13-,14+/m0/s1. The van der Waals surface area contributed by atoms with Gasteiger partial charge >= 0.3 is 0 Å². The molecular formula is C15H24N2OS. The van der Waals surface area contributed by atoms with Gasteiger partial charge in [-0.05, 0) is 44.7 Å². The van der Waals surface area contributed by atoms with Gasteiger partial charge in [-0.2, -0.15) is 0 Å². The monoisotopic (exact) mass is 280 g/mol. The fraction of sp³-hybridized carbons (Fsp3) is 0.800. The Morgan fingerprint density at radius 2 is 2.00 bits per heavy atom. The van der Waals surface area contributed by atoms with E-state index < -0.39 is 0 Å². The minimum atomic E-state index is -0.0794. The van der Waals surface area contributed by atoms with E-state index in [1.54, 1.807) is 11.3 Å². The average Bonchev–Trinajstić information content (AvgIpc) is 2.93. The zero-order valence-corrected chi connectivity index (χ0v) is 12.3. The lowest BCUT2D eigenvalue weighted by atomic mass is 9.87. The third kappa shape index (κ3) is 3.36. The number of hydrogen-bond acceptors (Lipinski definition) is 4. The van der Waals surface area contributed by atoms with Crippen LogP contribution < -0.4 is 0 Å². The van der Waals surface area contributed by atoms with Crippen LogP contribution in [0.4, 0.5) is 0 Å². The first-order valence-corrected chi connectivity index (χ1v) is 8.51. The summed E-state index contributed by atoms with van der Waals surface area (Å²) in [6, 6.07) is 0.439. The van der Waals surface area contributed by atoms with Crippen molar-refractivity contribution < 1.29 is 5.11 Å². The van der Waals surface area contributed by atoms with Crippen LogP contribution in [0.2, 0.25) is 0 Å². The molecule has 106 valence electrons. The lowest BCUT2D eigenvalue weighted by molar-refractivity contribution is 0.00406. The second-order valence-corrected chi connectivity index (χ2v) is 7.01. The molecule has 19 heavy (non-hydrogen) atoms. The molecule has 1 aliphatic heterocycles. The van der Waals surface area contributed by atoms with Crippen molar-refractivity contribution in [3.05, 3.63) is 16.6 Å². The van der Waals surface area contributed by atoms with Crippen LogP contribution >= 0.6 is 11.3 Å². The summed E-state index contributed by atoms with van der Waals surface area (Å²) < 4.78 is 0. The molecule has 2 fully saturated rings. The zero-order valence-electron chi connectivity index (χ0n) is 11.5. The SMILES string of the molecule is O[C@@H]1CCCC[C@@H]1N1CCC(Cc2nccs2)CC1. The maximum Gasteiger partial charge on any atom is 0.0927 e. The zero-order chi connectivity index (χ0) is 13.1. The predicted molar refractivity (Wildman–Crippen MR) is 78.4 cm³/mol. The number of aliphatic hydroxyl groups excluding tert-OH is 1. The number of aromatic nitrogens is 1. The molecule has 1 aromatic heterocycles. The van der Waals surface area contributed by atoms with Gasteiger partial charge in [-0.25, -0.2) is 4.98 Å². The third-order valence-electron chi connectivity index (χ3n) is 4.76. The van der Waals surface area contributed by atoms with Crippen LogP contribution in [0, 0.1) is 5.92 Å². The van der Waals surface area contributed by atoms with Crippen molar-refractivity contribution in [2.45, 2.75) is 57.1 Å². The Labute approximate surface area is 119 Å². The highest BCUT2D eigenvalue weighted by molar-refractivity contribution is 7.09. The highest BCUT2D eigenvalue weighted by atomic mass is 32.1. The Bertz CT molecular complexity index is 374. The van der Waals surface area contributed by atoms with Crippen LogP contribution in [-0.2, 0) is 6.42 Å². The number of thiazole rings is 1. The molecule has 1 aromatic rings. The smallest absolute Gasteiger partial charge is 0.0927 e. The summed E-state index contributed by atoms with van der Waals surface area (Å²) >= 11 is 1.78. The van der Waals surface area contributed by atoms with Crippen LogP contribution in [-0.4, -0.2) is 40.2 Å². The van der Waals surface area contributed by atoms with E-state index in [1.165, 1.54) is 37.1 Å². The van der Waals surface area contributed by atoms with Gasteiger partial charge in [0, 0.05) is 24.0 Å². The highest BCUT2D eigenvalue weighted by Crippen LogP contribution is 2.29. The van der Waals surface area contributed by atoms with Crippen molar-refractivity contribution in [3.63, 3.8) is 0 Å². The Morgan fingerprint density at radius 1 is 1.21 bits per heavy atom. The Balaban J connectivity index is 1.49. The van der Waals surface area contributed by atoms with E-state index in [-0.39, 0.29) is 6.10 Å². The fourth-order valence-corrected chi connectivity index (χ4v) is 4.34. The van der Waals surface area contributed by atoms with E-state index in [4.69, 9.17) is 0 Å². The van der Waals surface area contributed by atoms with Crippen LogP contribution in [0.1, 0.15) is 43.5 Å². The molecule has 0 bridgehead atoms. The second kappa shape index (κ2) is 6.33. The normalized spacial score (nSPS) is 30.6. The summed E-state index contributed by atoms with van der Waals surface area (Å²) in [5.74, 6) is 0.795. The first kappa shape index (κ1) is 13.5. The topological polar surface area (TPSA) is 36.4 Å². The van der Waals surface area contributed by atoms with Crippen molar-refractivity contribution in [3.8, 4) is 0 Å². The first-order chi connectivity index (χ1) is 9.33. The van der Waals surface area contributed by atoms with Crippen molar-refractivity contribution in [1.29, 1.82) is 0 Å². The van der Waals surface area contributed by atoms with Gasteiger partial charge in [0.2, 0.25) is 0 Å². The van der Waals surface area contributed by atoms with Gasteiger partial charge in [0.25, 0.3) is 0 Å². The van der Waals surface area contributed by atoms with Crippen molar-refractivity contribution in [1.82, 2.24) is 9.88 Å². The molecule has 0 spiro atoms. The summed E-state index contributed by atoms with van der Waals surface area (Å²) in [6.45, 7) is 2.33. The summed E-state index contributed by atoms with van der Waals surface area (Å²) in [7, 11) is 0. The molecular weight excluding hydrogens is 256 g/mol. The van der Waals surface area contributed by atoms with Crippen LogP contribution in [0.15, 0.2) is 11.6 Å². The Morgan fingerprint density at radius 3 is 2.68 bits per heavy atom. The molecule has 0 amide bonds. The minimum absolute atomic E-state index is 0.0794. The van der Waals surface area contributed by atoms with E-state index in [0.717, 1.165) is 31.8 Å². The lowest BCUT2D eigenvalue weighted by Gasteiger charge is -2.41. The molecule has 1 saturated carbocycles. The lowest BCUT2D eigenvalue weighted by Crippen LogP contribution is -2.48. The summed E-state index contributed by atoms with van der Waals surface area (Å²) in [4.78, 5) is 6.94. The van der Waals surface area contributed by atoms with Gasteiger partial charge in [0.1, 0.15) is 0 Å². The van der Waals surface area contributed by atoms with Crippen molar-refractivity contribution in [2.75, 3.05) is 13.1 Å². The molecule has 1 aliphatic carbocycles. The minimum Gasteiger partial charge on any atom is -0.391 e. The number of nitrogens with zero attached hydrogens (tertiary/aromatic N) is 2. The number of rotatable bonds is 3. The Kier molecular flexibility index (Phi) is 4.51. The van der Waals surface area contributed by atoms with E-state index in [2.05, 4.69) is 15.3 Å².